The van der Waals surface area contributed by atoms with Crippen LogP contribution in [0.25, 0.3) is 0 Å². The van der Waals surface area contributed by atoms with Gasteiger partial charge in [-0.3, -0.25) is 4.79 Å². The number of amides is 1. The molecule has 5 heteroatoms. The Morgan fingerprint density at radius 3 is 2.76 bits per heavy atom. The molecule has 0 saturated carbocycles. The van der Waals surface area contributed by atoms with E-state index in [0.29, 0.717) is 11.4 Å². The molecule has 0 aliphatic carbocycles. The van der Waals surface area contributed by atoms with E-state index in [-0.39, 0.29) is 17.4 Å². The molecule has 1 aliphatic heterocycles. The fourth-order valence-electron chi connectivity index (χ4n) is 1.69. The number of ether oxygens (including phenoxy) is 1. The van der Waals surface area contributed by atoms with Gasteiger partial charge in [0.2, 0.25) is 0 Å². The van der Waals surface area contributed by atoms with E-state index in [0.717, 1.165) is 0 Å². The molecule has 0 bridgehead atoms. The molecular weight excluding hydrogens is 222 g/mol. The molecule has 0 fully saturated rings. The molecule has 1 atom stereocenters. The van der Waals surface area contributed by atoms with Gasteiger partial charge in [0.15, 0.2) is 6.10 Å². The van der Waals surface area contributed by atoms with E-state index >= 15 is 0 Å². The normalized spacial score (nSPS) is 18.3. The maximum atomic E-state index is 11.7. The lowest BCUT2D eigenvalue weighted by molar-refractivity contribution is -0.125. The van der Waals surface area contributed by atoms with Crippen LogP contribution in [0.1, 0.15) is 24.2 Å². The summed E-state index contributed by atoms with van der Waals surface area (Å²) in [4.78, 5) is 22.5. The Hall–Kier alpha value is -2.04. The van der Waals surface area contributed by atoms with Crippen LogP contribution in [-0.2, 0) is 4.79 Å². The molecule has 0 aromatic heterocycles. The molecule has 1 amide bonds. The Morgan fingerprint density at radius 2 is 2.18 bits per heavy atom. The number of carboxylic acid groups (broad SMARTS) is 1. The van der Waals surface area contributed by atoms with Gasteiger partial charge in [0.25, 0.3) is 5.91 Å². The molecule has 17 heavy (non-hydrogen) atoms. The molecule has 1 aliphatic rings. The quantitative estimate of drug-likeness (QED) is 0.818. The number of aromatic carboxylic acids is 1. The largest absolute Gasteiger partial charge is 0.478 e. The lowest BCUT2D eigenvalue weighted by Gasteiger charge is -2.28. The molecule has 1 aromatic carbocycles. The van der Waals surface area contributed by atoms with E-state index < -0.39 is 12.1 Å². The fourth-order valence-corrected chi connectivity index (χ4v) is 1.69. The van der Waals surface area contributed by atoms with Crippen LogP contribution in [0.3, 0.4) is 0 Å². The lowest BCUT2D eigenvalue weighted by atomic mass is 10.0. The summed E-state index contributed by atoms with van der Waals surface area (Å²) in [5, 5.41) is 11.6. The summed E-state index contributed by atoms with van der Waals surface area (Å²) in [6.45, 7) is 3.74. The fraction of sp³-hybridized carbons (Fsp3) is 0.333. The number of carboxylic acids is 1. The number of nitrogens with one attached hydrogen (secondary N) is 1. The van der Waals surface area contributed by atoms with Gasteiger partial charge in [-0.1, -0.05) is 13.8 Å². The van der Waals surface area contributed by atoms with Gasteiger partial charge in [-0.05, 0) is 24.1 Å². The summed E-state index contributed by atoms with van der Waals surface area (Å²) >= 11 is 0. The molecule has 1 heterocycles. The minimum absolute atomic E-state index is 0.0247. The van der Waals surface area contributed by atoms with Crippen molar-refractivity contribution in [3.05, 3.63) is 23.8 Å². The number of benzene rings is 1. The number of carbonyl (C=O) groups excluding carboxylic acids is 1. The third kappa shape index (κ3) is 2.08. The number of hydrogen-bond acceptors (Lipinski definition) is 3. The molecule has 90 valence electrons. The van der Waals surface area contributed by atoms with Crippen molar-refractivity contribution in [2.45, 2.75) is 20.0 Å². The molecule has 2 N–H and O–H groups in total. The van der Waals surface area contributed by atoms with E-state index in [1.807, 2.05) is 13.8 Å². The summed E-state index contributed by atoms with van der Waals surface area (Å²) in [7, 11) is 0. The minimum atomic E-state index is -1.02. The first-order valence-corrected chi connectivity index (χ1v) is 5.34. The van der Waals surface area contributed by atoms with E-state index in [4.69, 9.17) is 9.84 Å². The van der Waals surface area contributed by atoms with Crippen LogP contribution >= 0.6 is 0 Å². The molecule has 1 unspecified atom stereocenters. The van der Waals surface area contributed by atoms with Gasteiger partial charge in [-0.15, -0.1) is 0 Å². The molecule has 0 spiro atoms. The van der Waals surface area contributed by atoms with E-state index in [1.165, 1.54) is 18.2 Å². The third-order valence-electron chi connectivity index (χ3n) is 2.60. The van der Waals surface area contributed by atoms with E-state index in [9.17, 15) is 9.59 Å². The number of fused-ring (bicyclic) bond motifs is 1. The first-order chi connectivity index (χ1) is 7.99. The van der Waals surface area contributed by atoms with Gasteiger partial charge < -0.3 is 15.2 Å². The zero-order valence-electron chi connectivity index (χ0n) is 9.56. The summed E-state index contributed by atoms with van der Waals surface area (Å²) in [6, 6.07) is 4.39. The zero-order valence-corrected chi connectivity index (χ0v) is 9.56. The van der Waals surface area contributed by atoms with Gasteiger partial charge in [0.1, 0.15) is 5.75 Å². The molecule has 5 nitrogen and oxygen atoms in total. The highest BCUT2D eigenvalue weighted by molar-refractivity contribution is 5.99. The van der Waals surface area contributed by atoms with Crippen LogP contribution in [0.2, 0.25) is 0 Å². The highest BCUT2D eigenvalue weighted by atomic mass is 16.5. The molecule has 2 rings (SSSR count). The number of rotatable bonds is 2. The van der Waals surface area contributed by atoms with Crippen molar-refractivity contribution >= 4 is 17.6 Å². The summed E-state index contributed by atoms with van der Waals surface area (Å²) in [5.74, 6) is -0.787. The summed E-state index contributed by atoms with van der Waals surface area (Å²) in [6.07, 6.45) is -0.577. The second kappa shape index (κ2) is 4.08. The predicted octanol–water partition coefficient (Wildman–Crippen LogP) is 1.74. The van der Waals surface area contributed by atoms with Crippen LogP contribution in [0.15, 0.2) is 18.2 Å². The topological polar surface area (TPSA) is 75.6 Å². The van der Waals surface area contributed by atoms with Gasteiger partial charge >= 0.3 is 5.97 Å². The Balaban J connectivity index is 2.37. The highest BCUT2D eigenvalue weighted by Crippen LogP contribution is 2.32. The SMILES string of the molecule is CC(C)C1Oc2cc(C(=O)O)ccc2NC1=O. The van der Waals surface area contributed by atoms with Crippen molar-refractivity contribution < 1.29 is 19.4 Å². The maximum Gasteiger partial charge on any atom is 0.335 e. The van der Waals surface area contributed by atoms with Crippen LogP contribution in [0.5, 0.6) is 5.75 Å². The van der Waals surface area contributed by atoms with E-state index in [2.05, 4.69) is 5.32 Å². The number of carbonyl (C=O) groups is 2. The van der Waals surface area contributed by atoms with Crippen molar-refractivity contribution in [2.24, 2.45) is 5.92 Å². The smallest absolute Gasteiger partial charge is 0.335 e. The van der Waals surface area contributed by atoms with Crippen molar-refractivity contribution in [3.63, 3.8) is 0 Å². The Labute approximate surface area is 98.4 Å². The standard InChI is InChI=1S/C12H13NO4/c1-6(2)10-11(14)13-8-4-3-7(12(15)16)5-9(8)17-10/h3-6,10H,1-2H3,(H,13,14)(H,15,16). The van der Waals surface area contributed by atoms with Crippen LogP contribution in [0, 0.1) is 5.92 Å². The van der Waals surface area contributed by atoms with Crippen molar-refractivity contribution in [1.82, 2.24) is 0 Å². The molecular formula is C12H13NO4. The first kappa shape index (κ1) is 11.4. The maximum absolute atomic E-state index is 11.7. The molecule has 0 radical (unpaired) electrons. The van der Waals surface area contributed by atoms with Crippen LogP contribution < -0.4 is 10.1 Å². The average molecular weight is 235 g/mol. The van der Waals surface area contributed by atoms with Crippen LogP contribution in [0.4, 0.5) is 5.69 Å². The number of anilines is 1. The summed E-state index contributed by atoms with van der Waals surface area (Å²) < 4.78 is 5.52. The van der Waals surface area contributed by atoms with Gasteiger partial charge in [0, 0.05) is 0 Å². The highest BCUT2D eigenvalue weighted by Gasteiger charge is 2.30. The second-order valence-corrected chi connectivity index (χ2v) is 4.29. The summed E-state index contributed by atoms with van der Waals surface area (Å²) in [5.41, 5.74) is 0.652. The minimum Gasteiger partial charge on any atom is -0.478 e. The van der Waals surface area contributed by atoms with Gasteiger partial charge in [-0.25, -0.2) is 4.79 Å². The van der Waals surface area contributed by atoms with Crippen molar-refractivity contribution in [2.75, 3.05) is 5.32 Å². The van der Waals surface area contributed by atoms with Crippen molar-refractivity contribution in [1.29, 1.82) is 0 Å². The van der Waals surface area contributed by atoms with Gasteiger partial charge in [-0.2, -0.15) is 0 Å². The first-order valence-electron chi connectivity index (χ1n) is 5.34. The molecule has 0 saturated heterocycles. The second-order valence-electron chi connectivity index (χ2n) is 4.29. The number of hydrogen-bond donors (Lipinski definition) is 2. The Kier molecular flexibility index (Phi) is 2.75. The molecule has 1 aromatic rings. The lowest BCUT2D eigenvalue weighted by Crippen LogP contribution is -2.40. The average Bonchev–Trinajstić information content (AvgIpc) is 2.27. The van der Waals surface area contributed by atoms with Crippen molar-refractivity contribution in [3.8, 4) is 5.75 Å². The zero-order chi connectivity index (χ0) is 12.6. The van der Waals surface area contributed by atoms with Gasteiger partial charge in [0.05, 0.1) is 11.3 Å². The van der Waals surface area contributed by atoms with E-state index in [1.54, 1.807) is 0 Å². The Morgan fingerprint density at radius 1 is 1.47 bits per heavy atom. The third-order valence-corrected chi connectivity index (χ3v) is 2.60. The Bertz CT molecular complexity index is 481. The monoisotopic (exact) mass is 235 g/mol. The van der Waals surface area contributed by atoms with Crippen LogP contribution in [-0.4, -0.2) is 23.1 Å². The predicted molar refractivity (Wildman–Crippen MR) is 61.3 cm³/mol.